The van der Waals surface area contributed by atoms with Crippen molar-refractivity contribution in [3.8, 4) is 5.75 Å². The van der Waals surface area contributed by atoms with E-state index in [0.29, 0.717) is 11.3 Å². The summed E-state index contributed by atoms with van der Waals surface area (Å²) < 4.78 is 0. The minimum Gasteiger partial charge on any atom is -0.508 e. The Labute approximate surface area is 115 Å². The van der Waals surface area contributed by atoms with E-state index < -0.39 is 0 Å². The largest absolute Gasteiger partial charge is 0.508 e. The summed E-state index contributed by atoms with van der Waals surface area (Å²) in [5, 5.41) is 20.2. The minimum absolute atomic E-state index is 0.147. The molecule has 2 aromatic carbocycles. The Morgan fingerprint density at radius 2 is 2.00 bits per heavy atom. The zero-order valence-electron chi connectivity index (χ0n) is 10.4. The molecule has 0 aromatic heterocycles. The Kier molecular flexibility index (Phi) is 4.06. The van der Waals surface area contributed by atoms with Gasteiger partial charge < -0.3 is 5.11 Å². The number of nitro benzene ring substituents is 1. The molecule has 0 saturated carbocycles. The lowest BCUT2D eigenvalue weighted by Crippen LogP contribution is -1.95. The third kappa shape index (κ3) is 3.26. The molecule has 0 heterocycles. The summed E-state index contributed by atoms with van der Waals surface area (Å²) in [6.45, 7) is 1.76. The predicted octanol–water partition coefficient (Wildman–Crippen LogP) is 3.90. The van der Waals surface area contributed by atoms with Crippen molar-refractivity contribution in [1.82, 2.24) is 0 Å². The minimum atomic E-state index is -0.363. The zero-order valence-corrected chi connectivity index (χ0v) is 11.2. The fourth-order valence-electron chi connectivity index (χ4n) is 1.76. The molecule has 0 aliphatic carbocycles. The average molecular weight is 275 g/mol. The van der Waals surface area contributed by atoms with Gasteiger partial charge in [-0.15, -0.1) is 11.8 Å². The molecule has 0 saturated heterocycles. The van der Waals surface area contributed by atoms with Crippen molar-refractivity contribution in [2.45, 2.75) is 17.6 Å². The van der Waals surface area contributed by atoms with Gasteiger partial charge >= 0.3 is 0 Å². The molecule has 0 atom stereocenters. The van der Waals surface area contributed by atoms with Crippen LogP contribution < -0.4 is 0 Å². The van der Waals surface area contributed by atoms with E-state index in [4.69, 9.17) is 0 Å². The Morgan fingerprint density at radius 1 is 1.26 bits per heavy atom. The van der Waals surface area contributed by atoms with Gasteiger partial charge in [-0.3, -0.25) is 10.1 Å². The number of benzene rings is 2. The predicted molar refractivity (Wildman–Crippen MR) is 75.5 cm³/mol. The average Bonchev–Trinajstić information content (AvgIpc) is 2.37. The van der Waals surface area contributed by atoms with Crippen LogP contribution in [0.25, 0.3) is 0 Å². The van der Waals surface area contributed by atoms with Gasteiger partial charge in [0.2, 0.25) is 0 Å². The molecule has 4 nitrogen and oxygen atoms in total. The number of rotatable bonds is 4. The standard InChI is InChI=1S/C14H13NO3S/c1-10-11(4-2-7-14(10)15(17)18)9-19-13-6-3-5-12(16)8-13/h2-8,16H,9H2,1H3. The molecule has 98 valence electrons. The smallest absolute Gasteiger partial charge is 0.272 e. The summed E-state index contributed by atoms with van der Waals surface area (Å²) in [5.41, 5.74) is 1.77. The quantitative estimate of drug-likeness (QED) is 0.522. The Bertz CT molecular complexity index is 613. The number of nitro groups is 1. The fraction of sp³-hybridized carbons (Fsp3) is 0.143. The molecule has 0 radical (unpaired) electrons. The maximum Gasteiger partial charge on any atom is 0.272 e. The van der Waals surface area contributed by atoms with Crippen molar-refractivity contribution in [2.75, 3.05) is 0 Å². The highest BCUT2D eigenvalue weighted by Crippen LogP contribution is 2.29. The molecule has 0 aliphatic heterocycles. The number of hydrogen-bond donors (Lipinski definition) is 1. The first kappa shape index (κ1) is 13.4. The summed E-state index contributed by atoms with van der Waals surface area (Å²) >= 11 is 1.54. The van der Waals surface area contributed by atoms with Crippen molar-refractivity contribution in [1.29, 1.82) is 0 Å². The van der Waals surface area contributed by atoms with Crippen molar-refractivity contribution >= 4 is 17.4 Å². The molecule has 5 heteroatoms. The lowest BCUT2D eigenvalue weighted by molar-refractivity contribution is -0.385. The second-order valence-corrected chi connectivity index (χ2v) is 5.15. The van der Waals surface area contributed by atoms with E-state index in [9.17, 15) is 15.2 Å². The van der Waals surface area contributed by atoms with E-state index in [-0.39, 0.29) is 16.4 Å². The van der Waals surface area contributed by atoms with E-state index in [1.807, 2.05) is 12.1 Å². The normalized spacial score (nSPS) is 10.4. The Balaban J connectivity index is 2.16. The van der Waals surface area contributed by atoms with Crippen LogP contribution in [0, 0.1) is 17.0 Å². The van der Waals surface area contributed by atoms with Gasteiger partial charge in [0, 0.05) is 22.3 Å². The summed E-state index contributed by atoms with van der Waals surface area (Å²) in [7, 11) is 0. The molecular weight excluding hydrogens is 262 g/mol. The van der Waals surface area contributed by atoms with Gasteiger partial charge in [-0.1, -0.05) is 18.2 Å². The molecule has 0 aliphatic rings. The molecule has 0 bridgehead atoms. The van der Waals surface area contributed by atoms with E-state index in [2.05, 4.69) is 0 Å². The highest BCUT2D eigenvalue weighted by Gasteiger charge is 2.13. The summed E-state index contributed by atoms with van der Waals surface area (Å²) in [6, 6.07) is 12.1. The van der Waals surface area contributed by atoms with Crippen LogP contribution in [0.1, 0.15) is 11.1 Å². The van der Waals surface area contributed by atoms with Crippen LogP contribution in [0.15, 0.2) is 47.4 Å². The molecule has 1 N–H and O–H groups in total. The number of aromatic hydroxyl groups is 1. The van der Waals surface area contributed by atoms with E-state index in [1.54, 1.807) is 31.2 Å². The van der Waals surface area contributed by atoms with Gasteiger partial charge in [0.25, 0.3) is 5.69 Å². The second-order valence-electron chi connectivity index (χ2n) is 4.10. The van der Waals surface area contributed by atoms with E-state index >= 15 is 0 Å². The van der Waals surface area contributed by atoms with Crippen LogP contribution in [0.2, 0.25) is 0 Å². The van der Waals surface area contributed by atoms with Gasteiger partial charge in [0.05, 0.1) is 4.92 Å². The maximum atomic E-state index is 10.9. The second kappa shape index (κ2) is 5.75. The van der Waals surface area contributed by atoms with Gasteiger partial charge in [-0.05, 0) is 30.7 Å². The molecule has 0 amide bonds. The third-order valence-electron chi connectivity index (χ3n) is 2.83. The van der Waals surface area contributed by atoms with Crippen molar-refractivity contribution in [3.05, 3.63) is 63.7 Å². The highest BCUT2D eigenvalue weighted by atomic mass is 32.2. The van der Waals surface area contributed by atoms with Crippen molar-refractivity contribution in [2.24, 2.45) is 0 Å². The van der Waals surface area contributed by atoms with Gasteiger partial charge in [-0.25, -0.2) is 0 Å². The molecule has 19 heavy (non-hydrogen) atoms. The lowest BCUT2D eigenvalue weighted by Gasteiger charge is -2.06. The van der Waals surface area contributed by atoms with Crippen molar-refractivity contribution in [3.63, 3.8) is 0 Å². The summed E-state index contributed by atoms with van der Waals surface area (Å²) in [6.07, 6.45) is 0. The van der Waals surface area contributed by atoms with Crippen LogP contribution in [-0.4, -0.2) is 10.0 Å². The van der Waals surface area contributed by atoms with Crippen LogP contribution in [0.4, 0.5) is 5.69 Å². The first-order chi connectivity index (χ1) is 9.08. The molecule has 0 spiro atoms. The topological polar surface area (TPSA) is 63.4 Å². The SMILES string of the molecule is Cc1c(CSc2cccc(O)c2)cccc1[N+](=O)[O-]. The van der Waals surface area contributed by atoms with E-state index in [1.165, 1.54) is 17.8 Å². The number of nitrogens with zero attached hydrogens (tertiary/aromatic N) is 1. The Hall–Kier alpha value is -2.01. The Morgan fingerprint density at radius 3 is 2.68 bits per heavy atom. The monoisotopic (exact) mass is 275 g/mol. The summed E-state index contributed by atoms with van der Waals surface area (Å²) in [4.78, 5) is 11.4. The number of thioether (sulfide) groups is 1. The molecule has 2 aromatic rings. The summed E-state index contributed by atoms with van der Waals surface area (Å²) in [5.74, 6) is 0.859. The van der Waals surface area contributed by atoms with Crippen LogP contribution in [0.3, 0.4) is 0 Å². The first-order valence-electron chi connectivity index (χ1n) is 5.72. The fourth-order valence-corrected chi connectivity index (χ4v) is 2.77. The first-order valence-corrected chi connectivity index (χ1v) is 6.71. The van der Waals surface area contributed by atoms with Gasteiger partial charge in [0.1, 0.15) is 5.75 Å². The zero-order chi connectivity index (χ0) is 13.8. The van der Waals surface area contributed by atoms with Crippen molar-refractivity contribution < 1.29 is 10.0 Å². The molecule has 2 rings (SSSR count). The van der Waals surface area contributed by atoms with E-state index in [0.717, 1.165) is 10.5 Å². The molecular formula is C14H13NO3S. The van der Waals surface area contributed by atoms with Crippen LogP contribution >= 0.6 is 11.8 Å². The lowest BCUT2D eigenvalue weighted by atomic mass is 10.1. The number of phenols is 1. The van der Waals surface area contributed by atoms with Crippen LogP contribution in [-0.2, 0) is 5.75 Å². The van der Waals surface area contributed by atoms with Gasteiger partial charge in [-0.2, -0.15) is 0 Å². The maximum absolute atomic E-state index is 10.9. The molecule has 0 fully saturated rings. The third-order valence-corrected chi connectivity index (χ3v) is 3.87. The molecule has 0 unspecified atom stereocenters. The van der Waals surface area contributed by atoms with Crippen LogP contribution in [0.5, 0.6) is 5.75 Å². The number of hydrogen-bond acceptors (Lipinski definition) is 4. The number of phenolic OH excluding ortho intramolecular Hbond substituents is 1. The van der Waals surface area contributed by atoms with Gasteiger partial charge in [0.15, 0.2) is 0 Å². The highest BCUT2D eigenvalue weighted by molar-refractivity contribution is 7.98.